The van der Waals surface area contributed by atoms with Crippen LogP contribution in [0, 0.1) is 13.8 Å². The van der Waals surface area contributed by atoms with Crippen molar-refractivity contribution in [1.82, 2.24) is 24.4 Å². The second-order valence-corrected chi connectivity index (χ2v) is 12.9. The van der Waals surface area contributed by atoms with Gasteiger partial charge in [0.2, 0.25) is 21.8 Å². The van der Waals surface area contributed by atoms with Gasteiger partial charge in [0.05, 0.1) is 18.6 Å². The zero-order chi connectivity index (χ0) is 30.6. The number of carbonyl (C=O) groups is 2. The molecule has 1 N–H and O–H groups in total. The highest BCUT2D eigenvalue weighted by atomic mass is 32.2. The average Bonchev–Trinajstić information content (AvgIpc) is 3.57. The minimum atomic E-state index is -3.85. The monoisotopic (exact) mass is 597 g/mol. The van der Waals surface area contributed by atoms with E-state index in [9.17, 15) is 18.0 Å². The van der Waals surface area contributed by atoms with Crippen LogP contribution in [0.1, 0.15) is 52.0 Å². The third kappa shape index (κ3) is 7.36. The van der Waals surface area contributed by atoms with Gasteiger partial charge in [-0.05, 0) is 54.7 Å². The molecule has 42 heavy (non-hydrogen) atoms. The van der Waals surface area contributed by atoms with Gasteiger partial charge in [0.1, 0.15) is 12.0 Å². The third-order valence-corrected chi connectivity index (χ3v) is 9.45. The molecule has 0 bridgehead atoms. The minimum absolute atomic E-state index is 0.00173. The molecule has 12 heteroatoms. The number of nitrogens with one attached hydrogen (secondary N) is 1. The third-order valence-electron chi connectivity index (χ3n) is 7.34. The Bertz CT molecular complexity index is 1510. The fourth-order valence-corrected chi connectivity index (χ4v) is 6.80. The van der Waals surface area contributed by atoms with Crippen LogP contribution in [0.3, 0.4) is 0 Å². The summed E-state index contributed by atoms with van der Waals surface area (Å²) in [6.45, 7) is 7.80. The van der Waals surface area contributed by atoms with Crippen molar-refractivity contribution in [3.8, 4) is 5.75 Å². The fourth-order valence-electron chi connectivity index (χ4n) is 5.28. The Balaban J connectivity index is 1.33. The molecule has 1 aromatic heterocycles. The van der Waals surface area contributed by atoms with E-state index in [0.717, 1.165) is 41.5 Å². The van der Waals surface area contributed by atoms with Crippen molar-refractivity contribution in [2.75, 3.05) is 34.3 Å². The predicted octanol–water partition coefficient (Wildman–Crippen LogP) is 3.10. The summed E-state index contributed by atoms with van der Waals surface area (Å²) >= 11 is 0. The summed E-state index contributed by atoms with van der Waals surface area (Å²) in [5.74, 6) is 0.376. The Morgan fingerprint density at radius 2 is 1.74 bits per heavy atom. The minimum Gasteiger partial charge on any atom is -0.497 e. The van der Waals surface area contributed by atoms with Crippen LogP contribution in [0.2, 0.25) is 0 Å². The van der Waals surface area contributed by atoms with Crippen molar-refractivity contribution in [3.63, 3.8) is 0 Å². The Morgan fingerprint density at radius 3 is 2.36 bits per heavy atom. The number of aryl methyl sites for hydroxylation is 2. The average molecular weight is 598 g/mol. The van der Waals surface area contributed by atoms with Crippen molar-refractivity contribution in [2.45, 2.75) is 57.8 Å². The van der Waals surface area contributed by atoms with Crippen LogP contribution in [0.4, 0.5) is 0 Å². The van der Waals surface area contributed by atoms with Crippen LogP contribution in [0.5, 0.6) is 5.75 Å². The van der Waals surface area contributed by atoms with Gasteiger partial charge in [-0.1, -0.05) is 24.3 Å². The van der Waals surface area contributed by atoms with Crippen LogP contribution in [0.25, 0.3) is 0 Å². The Kier molecular flexibility index (Phi) is 9.70. The molecule has 2 heterocycles. The molecule has 0 saturated carbocycles. The Labute approximate surface area is 247 Å². The van der Waals surface area contributed by atoms with Gasteiger partial charge >= 0.3 is 0 Å². The number of amides is 2. The van der Waals surface area contributed by atoms with Gasteiger partial charge < -0.3 is 19.4 Å². The van der Waals surface area contributed by atoms with Gasteiger partial charge in [-0.3, -0.25) is 14.5 Å². The van der Waals surface area contributed by atoms with E-state index in [1.165, 1.54) is 20.4 Å². The zero-order valence-corrected chi connectivity index (χ0v) is 25.8. The molecule has 4 rings (SSSR count). The number of benzene rings is 2. The van der Waals surface area contributed by atoms with Gasteiger partial charge in [-0.25, -0.2) is 13.4 Å². The molecule has 0 spiro atoms. The largest absolute Gasteiger partial charge is 0.497 e. The number of likely N-dealkylation sites (tertiary alicyclic amines) is 1. The number of carbonyl (C=O) groups excluding carboxylic acids is 2. The Morgan fingerprint density at radius 1 is 1.10 bits per heavy atom. The van der Waals surface area contributed by atoms with Crippen LogP contribution < -0.4 is 10.1 Å². The SMILES string of the molecule is COc1cc(C)c(S(=O)(=O)N(C)Cc2nc(C(=O)N(C)Cc3ccc(CN4CCC(NC(C)=O)C4)cc3)co2)c(C)c1. The van der Waals surface area contributed by atoms with Gasteiger partial charge in [0.25, 0.3) is 5.91 Å². The molecule has 1 fully saturated rings. The highest BCUT2D eigenvalue weighted by molar-refractivity contribution is 7.89. The normalized spacial score (nSPS) is 15.6. The number of hydrogen-bond donors (Lipinski definition) is 1. The lowest BCUT2D eigenvalue weighted by atomic mass is 10.1. The lowest BCUT2D eigenvalue weighted by Crippen LogP contribution is -2.35. The van der Waals surface area contributed by atoms with Crippen LogP contribution in [-0.4, -0.2) is 79.7 Å². The summed E-state index contributed by atoms with van der Waals surface area (Å²) in [5, 5.41) is 2.98. The first-order chi connectivity index (χ1) is 19.9. The molecule has 1 aliphatic rings. The summed E-state index contributed by atoms with van der Waals surface area (Å²) in [6, 6.07) is 11.7. The van der Waals surface area contributed by atoms with E-state index in [-0.39, 0.29) is 40.9 Å². The van der Waals surface area contributed by atoms with Crippen molar-refractivity contribution < 1.29 is 27.2 Å². The predicted molar refractivity (Wildman–Crippen MR) is 157 cm³/mol. The first kappa shape index (κ1) is 31.2. The molecule has 2 amide bonds. The molecule has 1 saturated heterocycles. The molecular weight excluding hydrogens is 558 g/mol. The standard InChI is InChI=1S/C30H39N5O6S/c1-20-13-26(40-6)14-21(2)29(20)42(38,39)34(5)18-28-32-27(19-41-28)30(37)33(4)15-23-7-9-24(10-8-23)16-35-12-11-25(17-35)31-22(3)36/h7-10,13-14,19,25H,11-12,15-18H2,1-6H3,(H,31,36). The summed E-state index contributed by atoms with van der Waals surface area (Å²) in [4.78, 5) is 32.7. The van der Waals surface area contributed by atoms with E-state index in [2.05, 4.69) is 27.3 Å². The number of methoxy groups -OCH3 is 1. The van der Waals surface area contributed by atoms with Crippen LogP contribution >= 0.6 is 0 Å². The lowest BCUT2D eigenvalue weighted by molar-refractivity contribution is -0.119. The fraction of sp³-hybridized carbons (Fsp3) is 0.433. The van der Waals surface area contributed by atoms with Crippen LogP contribution in [-0.2, 0) is 34.5 Å². The van der Waals surface area contributed by atoms with E-state index in [4.69, 9.17) is 9.15 Å². The number of rotatable bonds is 11. The van der Waals surface area contributed by atoms with Gasteiger partial charge in [0, 0.05) is 53.2 Å². The molecule has 1 unspecified atom stereocenters. The molecular formula is C30H39N5O6S. The molecule has 2 aromatic carbocycles. The number of aromatic nitrogens is 1. The summed E-state index contributed by atoms with van der Waals surface area (Å²) < 4.78 is 38.5. The second kappa shape index (κ2) is 13.1. The first-order valence-corrected chi connectivity index (χ1v) is 15.2. The maximum Gasteiger partial charge on any atom is 0.275 e. The summed E-state index contributed by atoms with van der Waals surface area (Å²) in [5.41, 5.74) is 3.38. The maximum absolute atomic E-state index is 13.3. The number of oxazole rings is 1. The topological polar surface area (TPSA) is 125 Å². The van der Waals surface area contributed by atoms with Gasteiger partial charge in [0.15, 0.2) is 5.69 Å². The van der Waals surface area contributed by atoms with E-state index in [1.807, 2.05) is 12.1 Å². The summed E-state index contributed by atoms with van der Waals surface area (Å²) in [7, 11) is 0.819. The maximum atomic E-state index is 13.3. The van der Waals surface area contributed by atoms with E-state index >= 15 is 0 Å². The smallest absolute Gasteiger partial charge is 0.275 e. The second-order valence-electron chi connectivity index (χ2n) is 10.9. The van der Waals surface area contributed by atoms with Crippen molar-refractivity contribution in [3.05, 3.63) is 76.5 Å². The van der Waals surface area contributed by atoms with E-state index in [0.29, 0.717) is 23.4 Å². The van der Waals surface area contributed by atoms with Gasteiger partial charge in [-0.2, -0.15) is 4.31 Å². The van der Waals surface area contributed by atoms with Crippen molar-refractivity contribution in [2.24, 2.45) is 0 Å². The summed E-state index contributed by atoms with van der Waals surface area (Å²) in [6.07, 6.45) is 2.20. The number of sulfonamides is 1. The first-order valence-electron chi connectivity index (χ1n) is 13.8. The zero-order valence-electron chi connectivity index (χ0n) is 25.0. The van der Waals surface area contributed by atoms with Crippen molar-refractivity contribution in [1.29, 1.82) is 0 Å². The van der Waals surface area contributed by atoms with Crippen LogP contribution in [0.15, 0.2) is 52.0 Å². The number of ether oxygens (including phenoxy) is 1. The lowest BCUT2D eigenvalue weighted by Gasteiger charge is -2.19. The molecule has 3 aromatic rings. The number of nitrogens with zero attached hydrogens (tertiary/aromatic N) is 4. The molecule has 11 nitrogen and oxygen atoms in total. The molecule has 226 valence electrons. The Hall–Kier alpha value is -3.74. The highest BCUT2D eigenvalue weighted by Gasteiger charge is 2.28. The van der Waals surface area contributed by atoms with Crippen molar-refractivity contribution >= 4 is 21.8 Å². The molecule has 0 aliphatic carbocycles. The van der Waals surface area contributed by atoms with E-state index < -0.39 is 10.0 Å². The quantitative estimate of drug-likeness (QED) is 0.358. The highest BCUT2D eigenvalue weighted by Crippen LogP contribution is 2.28. The molecule has 0 radical (unpaired) electrons. The van der Waals surface area contributed by atoms with Gasteiger partial charge in [-0.15, -0.1) is 0 Å². The molecule has 1 atom stereocenters. The van der Waals surface area contributed by atoms with E-state index in [1.54, 1.807) is 44.9 Å². The number of hydrogen-bond acceptors (Lipinski definition) is 8. The molecule has 1 aliphatic heterocycles.